The van der Waals surface area contributed by atoms with Crippen molar-refractivity contribution in [2.24, 2.45) is 0 Å². The van der Waals surface area contributed by atoms with E-state index < -0.39 is 18.4 Å². The summed E-state index contributed by atoms with van der Waals surface area (Å²) in [5.74, 6) is -0.230. The van der Waals surface area contributed by atoms with Gasteiger partial charge in [0.05, 0.1) is 0 Å². The molecular weight excluding hydrogens is 309 g/mol. The molecule has 0 aromatic carbocycles. The fraction of sp³-hybridized carbons (Fsp3) is 0.500. The quantitative estimate of drug-likeness (QED) is 0.626. The molecule has 0 fully saturated rings. The van der Waals surface area contributed by atoms with E-state index in [1.807, 2.05) is 6.20 Å². The molecule has 0 amide bonds. The monoisotopic (exact) mass is 329 g/mol. The van der Waals surface area contributed by atoms with Crippen LogP contribution in [0, 0.1) is 6.92 Å². The second-order valence-corrected chi connectivity index (χ2v) is 19.4. The van der Waals surface area contributed by atoms with Gasteiger partial charge in [0.2, 0.25) is 0 Å². The van der Waals surface area contributed by atoms with Crippen molar-refractivity contribution in [2.45, 2.75) is 28.2 Å². The van der Waals surface area contributed by atoms with Crippen LogP contribution in [0.1, 0.15) is 11.3 Å². The molecule has 0 N–H and O–H groups in total. The molecule has 0 aliphatic carbocycles. The number of hydrogen-bond acceptors (Lipinski definition) is 3. The Kier molecular flexibility index (Phi) is 4.35. The minimum atomic E-state index is -2.09. The van der Waals surface area contributed by atoms with Gasteiger partial charge in [0, 0.05) is 0 Å². The molecule has 88 valence electrons. The van der Waals surface area contributed by atoms with Crippen LogP contribution in [0.3, 0.4) is 0 Å². The standard InChI is InChI=1S/C9H10NO2.3CH3.Sn/c1-7-3-4-8(10-6-7)5-9(11)12-2;;;;/h4,6H,5H2,1-2H3;3*1H3;. The molecule has 0 atom stereocenters. The van der Waals surface area contributed by atoms with Gasteiger partial charge in [-0.25, -0.2) is 0 Å². The van der Waals surface area contributed by atoms with Gasteiger partial charge in [-0.15, -0.1) is 0 Å². The summed E-state index contributed by atoms with van der Waals surface area (Å²) in [6, 6.07) is 2.09. The average Bonchev–Trinajstić information content (AvgIpc) is 2.19. The fourth-order valence-corrected chi connectivity index (χ4v) is 6.96. The van der Waals surface area contributed by atoms with Crippen molar-refractivity contribution in [3.63, 3.8) is 0 Å². The topological polar surface area (TPSA) is 39.2 Å². The molecule has 4 heteroatoms. The molecule has 1 rings (SSSR count). The van der Waals surface area contributed by atoms with E-state index in [0.717, 1.165) is 5.69 Å². The van der Waals surface area contributed by atoms with Crippen LogP contribution in [-0.4, -0.2) is 36.4 Å². The first-order valence-electron chi connectivity index (χ1n) is 5.37. The van der Waals surface area contributed by atoms with Crippen LogP contribution >= 0.6 is 0 Å². The van der Waals surface area contributed by atoms with Gasteiger partial charge < -0.3 is 0 Å². The predicted octanol–water partition coefficient (Wildman–Crippen LogP) is 1.65. The first-order valence-corrected chi connectivity index (χ1v) is 15.4. The third-order valence-electron chi connectivity index (χ3n) is 2.52. The maximum absolute atomic E-state index is 11.2. The van der Waals surface area contributed by atoms with Gasteiger partial charge in [0.1, 0.15) is 0 Å². The summed E-state index contributed by atoms with van der Waals surface area (Å²) in [4.78, 5) is 22.5. The van der Waals surface area contributed by atoms with Crippen LogP contribution in [0.2, 0.25) is 14.8 Å². The molecule has 0 unspecified atom stereocenters. The van der Waals surface area contributed by atoms with Crippen LogP contribution < -0.4 is 3.58 Å². The minimum absolute atomic E-state index is 0.230. The summed E-state index contributed by atoms with van der Waals surface area (Å²) in [6.07, 6.45) is 2.14. The number of carbonyl (C=O) groups is 1. The summed E-state index contributed by atoms with van der Waals surface area (Å²) in [5.41, 5.74) is 2.07. The maximum atomic E-state index is 11.2. The van der Waals surface area contributed by atoms with Gasteiger partial charge in [-0.3, -0.25) is 0 Å². The number of aryl methyl sites for hydroxylation is 1. The number of nitrogens with zero attached hydrogens (tertiary/aromatic N) is 1. The molecule has 0 spiro atoms. The summed E-state index contributed by atoms with van der Waals surface area (Å²) in [6.45, 7) is 2.09. The van der Waals surface area contributed by atoms with Gasteiger partial charge in [0.15, 0.2) is 0 Å². The zero-order valence-corrected chi connectivity index (χ0v) is 13.5. The predicted molar refractivity (Wildman–Crippen MR) is 67.7 cm³/mol. The zero-order valence-electron chi connectivity index (χ0n) is 10.6. The van der Waals surface area contributed by atoms with Crippen molar-refractivity contribution in [3.8, 4) is 0 Å². The molecule has 0 aliphatic rings. The average molecular weight is 328 g/mol. The van der Waals surface area contributed by atoms with Gasteiger partial charge in [-0.05, 0) is 0 Å². The molecule has 0 aliphatic heterocycles. The SMILES string of the molecule is COC(=O)Cc1c[c]([Sn]([CH3])([CH3])[CH3])c(C)cn1. The van der Waals surface area contributed by atoms with E-state index in [4.69, 9.17) is 0 Å². The Bertz CT molecular complexity index is 396. The third kappa shape index (κ3) is 3.47. The van der Waals surface area contributed by atoms with E-state index >= 15 is 0 Å². The van der Waals surface area contributed by atoms with E-state index in [-0.39, 0.29) is 12.4 Å². The Morgan fingerprint density at radius 3 is 2.56 bits per heavy atom. The Labute approximate surface area is 101 Å². The molecule has 0 radical (unpaired) electrons. The van der Waals surface area contributed by atoms with Crippen molar-refractivity contribution in [1.82, 2.24) is 4.98 Å². The first kappa shape index (κ1) is 13.5. The third-order valence-corrected chi connectivity index (χ3v) is 8.67. The summed E-state index contributed by atoms with van der Waals surface area (Å²) < 4.78 is 6.08. The van der Waals surface area contributed by atoms with E-state index in [9.17, 15) is 4.79 Å². The number of carbonyl (C=O) groups excluding carboxylic acids is 1. The summed E-state index contributed by atoms with van der Waals surface area (Å²) in [5, 5.41) is 0. The number of aromatic nitrogens is 1. The van der Waals surface area contributed by atoms with Crippen molar-refractivity contribution in [2.75, 3.05) is 7.11 Å². The van der Waals surface area contributed by atoms with E-state index in [0.29, 0.717) is 0 Å². The first-order chi connectivity index (χ1) is 7.34. The van der Waals surface area contributed by atoms with Crippen LogP contribution in [-0.2, 0) is 16.0 Å². The van der Waals surface area contributed by atoms with Crippen LogP contribution in [0.4, 0.5) is 0 Å². The Morgan fingerprint density at radius 2 is 2.06 bits per heavy atom. The van der Waals surface area contributed by atoms with Gasteiger partial charge in [-0.2, -0.15) is 0 Å². The van der Waals surface area contributed by atoms with Crippen LogP contribution in [0.15, 0.2) is 12.3 Å². The Hall–Kier alpha value is -0.581. The molecule has 0 bridgehead atoms. The van der Waals surface area contributed by atoms with Crippen LogP contribution in [0.5, 0.6) is 0 Å². The van der Waals surface area contributed by atoms with Crippen molar-refractivity contribution >= 4 is 27.9 Å². The number of esters is 1. The van der Waals surface area contributed by atoms with Gasteiger partial charge in [0.25, 0.3) is 0 Å². The van der Waals surface area contributed by atoms with Crippen molar-refractivity contribution < 1.29 is 9.53 Å². The molecule has 0 saturated heterocycles. The van der Waals surface area contributed by atoms with Crippen LogP contribution in [0.25, 0.3) is 0 Å². The number of methoxy groups -OCH3 is 1. The molecule has 1 heterocycles. The normalized spacial score (nSPS) is 11.3. The summed E-state index contributed by atoms with van der Waals surface area (Å²) in [7, 11) is 1.40. The Morgan fingerprint density at radius 1 is 1.44 bits per heavy atom. The second kappa shape index (κ2) is 5.17. The van der Waals surface area contributed by atoms with Gasteiger partial charge >= 0.3 is 101 Å². The molecule has 3 nitrogen and oxygen atoms in total. The molecule has 1 aromatic rings. The second-order valence-electron chi connectivity index (χ2n) is 4.99. The fourth-order valence-electron chi connectivity index (χ4n) is 1.69. The Balaban J connectivity index is 3.03. The molecule has 1 aromatic heterocycles. The van der Waals surface area contributed by atoms with Crippen molar-refractivity contribution in [1.29, 1.82) is 0 Å². The zero-order chi connectivity index (χ0) is 12.3. The molecule has 16 heavy (non-hydrogen) atoms. The van der Waals surface area contributed by atoms with E-state index in [2.05, 4.69) is 37.5 Å². The number of hydrogen-bond donors (Lipinski definition) is 0. The molecule has 0 saturated carbocycles. The molecular formula is C12H19NO2Sn. The number of rotatable bonds is 3. The number of pyridine rings is 1. The van der Waals surface area contributed by atoms with Gasteiger partial charge in [-0.1, -0.05) is 0 Å². The van der Waals surface area contributed by atoms with E-state index in [1.165, 1.54) is 16.3 Å². The van der Waals surface area contributed by atoms with E-state index in [1.54, 1.807) is 0 Å². The van der Waals surface area contributed by atoms with Crippen molar-refractivity contribution in [3.05, 3.63) is 23.5 Å². The number of ether oxygens (including phenoxy) is 1. The summed E-state index contributed by atoms with van der Waals surface area (Å²) >= 11 is -2.09.